The SMILES string of the molecule is CC1=C/C=C(\C)CCC(C)(CCCC(C)CCCC(C)CCCC(C)C)O\C=C\1C. The molecule has 0 N–H and O–H groups in total. The fraction of sp³-hybridized carbons (Fsp3) is 0.793. The van der Waals surface area contributed by atoms with Crippen LogP contribution in [0.5, 0.6) is 0 Å². The van der Waals surface area contributed by atoms with Crippen molar-refractivity contribution < 1.29 is 4.74 Å². The molecule has 0 saturated heterocycles. The number of hydrogen-bond donors (Lipinski definition) is 0. The Morgan fingerprint density at radius 1 is 0.800 bits per heavy atom. The van der Waals surface area contributed by atoms with Crippen LogP contribution in [0.2, 0.25) is 0 Å². The van der Waals surface area contributed by atoms with E-state index in [1.165, 1.54) is 68.1 Å². The van der Waals surface area contributed by atoms with Crippen LogP contribution < -0.4 is 0 Å². The van der Waals surface area contributed by atoms with E-state index in [1.54, 1.807) is 0 Å². The first-order valence-corrected chi connectivity index (χ1v) is 12.8. The fourth-order valence-electron chi connectivity index (χ4n) is 4.31. The van der Waals surface area contributed by atoms with Crippen molar-refractivity contribution in [2.45, 2.75) is 132 Å². The van der Waals surface area contributed by atoms with Crippen molar-refractivity contribution in [1.82, 2.24) is 0 Å². The van der Waals surface area contributed by atoms with Crippen LogP contribution in [0.4, 0.5) is 0 Å². The maximum atomic E-state index is 6.36. The molecule has 1 heteroatoms. The lowest BCUT2D eigenvalue weighted by Crippen LogP contribution is -2.27. The van der Waals surface area contributed by atoms with Crippen LogP contribution in [0.1, 0.15) is 126 Å². The first-order valence-electron chi connectivity index (χ1n) is 12.8. The standard InChI is InChI=1S/C29H52O/c1-23(2)12-9-13-24(3)14-10-15-25(4)16-11-20-29(8)21-19-26(5)17-18-27(6)28(7)22-30-29/h17-18,22-25H,9-16,19-21H2,1-8H3/b26-17+,27-18-,28-22+. The van der Waals surface area contributed by atoms with Crippen molar-refractivity contribution in [3.8, 4) is 0 Å². The molecule has 0 radical (unpaired) electrons. The van der Waals surface area contributed by atoms with Gasteiger partial charge in [0.2, 0.25) is 0 Å². The van der Waals surface area contributed by atoms with E-state index in [-0.39, 0.29) is 5.60 Å². The Balaban J connectivity index is 2.35. The van der Waals surface area contributed by atoms with Crippen molar-refractivity contribution in [2.75, 3.05) is 0 Å². The Morgan fingerprint density at radius 2 is 1.37 bits per heavy atom. The molecule has 0 aromatic carbocycles. The summed E-state index contributed by atoms with van der Waals surface area (Å²) in [4.78, 5) is 0. The lowest BCUT2D eigenvalue weighted by Gasteiger charge is -2.31. The highest BCUT2D eigenvalue weighted by atomic mass is 16.5. The summed E-state index contributed by atoms with van der Waals surface area (Å²) in [7, 11) is 0. The van der Waals surface area contributed by atoms with Crippen LogP contribution >= 0.6 is 0 Å². The molecule has 1 nitrogen and oxygen atoms in total. The van der Waals surface area contributed by atoms with Gasteiger partial charge in [0.1, 0.15) is 5.60 Å². The zero-order valence-electron chi connectivity index (χ0n) is 21.7. The van der Waals surface area contributed by atoms with E-state index in [2.05, 4.69) is 67.5 Å². The summed E-state index contributed by atoms with van der Waals surface area (Å²) in [6.07, 6.45) is 20.9. The predicted molar refractivity (Wildman–Crippen MR) is 135 cm³/mol. The van der Waals surface area contributed by atoms with Crippen LogP contribution in [0, 0.1) is 17.8 Å². The summed E-state index contributed by atoms with van der Waals surface area (Å²) in [5.74, 6) is 2.59. The maximum Gasteiger partial charge on any atom is 0.106 e. The van der Waals surface area contributed by atoms with Gasteiger partial charge in [-0.1, -0.05) is 90.4 Å². The summed E-state index contributed by atoms with van der Waals surface area (Å²) in [6.45, 7) is 18.5. The number of rotatable bonds is 12. The highest BCUT2D eigenvalue weighted by Crippen LogP contribution is 2.30. The van der Waals surface area contributed by atoms with Gasteiger partial charge in [-0.25, -0.2) is 0 Å². The molecule has 0 saturated carbocycles. The average Bonchev–Trinajstić information content (AvgIpc) is 2.68. The average molecular weight is 417 g/mol. The third-order valence-corrected chi connectivity index (χ3v) is 7.08. The van der Waals surface area contributed by atoms with E-state index >= 15 is 0 Å². The Labute approximate surface area is 189 Å². The van der Waals surface area contributed by atoms with Crippen molar-refractivity contribution in [3.63, 3.8) is 0 Å². The molecular formula is C29H52O. The van der Waals surface area contributed by atoms with Crippen molar-refractivity contribution in [2.24, 2.45) is 17.8 Å². The third-order valence-electron chi connectivity index (χ3n) is 7.08. The van der Waals surface area contributed by atoms with Gasteiger partial charge in [0, 0.05) is 0 Å². The zero-order chi connectivity index (χ0) is 22.6. The molecule has 0 bridgehead atoms. The van der Waals surface area contributed by atoms with Crippen molar-refractivity contribution in [3.05, 3.63) is 35.1 Å². The van der Waals surface area contributed by atoms with Gasteiger partial charge in [0.25, 0.3) is 0 Å². The summed E-state index contributed by atoms with van der Waals surface area (Å²) >= 11 is 0. The molecule has 1 aliphatic heterocycles. The molecule has 0 aromatic rings. The van der Waals surface area contributed by atoms with E-state index in [9.17, 15) is 0 Å². The Hall–Kier alpha value is -0.980. The molecular weight excluding hydrogens is 364 g/mol. The molecule has 0 fully saturated rings. The largest absolute Gasteiger partial charge is 0.495 e. The second-order valence-electron chi connectivity index (χ2n) is 11.1. The molecule has 3 atom stereocenters. The summed E-state index contributed by atoms with van der Waals surface area (Å²) in [5, 5.41) is 0. The van der Waals surface area contributed by atoms with E-state index in [0.29, 0.717) is 0 Å². The highest BCUT2D eigenvalue weighted by Gasteiger charge is 2.25. The number of ether oxygens (including phenoxy) is 1. The number of allylic oxidation sites excluding steroid dienone is 5. The van der Waals surface area contributed by atoms with Gasteiger partial charge in [0.05, 0.1) is 6.26 Å². The first-order chi connectivity index (χ1) is 14.1. The van der Waals surface area contributed by atoms with E-state index in [1.807, 2.05) is 6.26 Å². The van der Waals surface area contributed by atoms with Crippen LogP contribution in [0.25, 0.3) is 0 Å². The highest BCUT2D eigenvalue weighted by molar-refractivity contribution is 5.30. The van der Waals surface area contributed by atoms with Crippen LogP contribution in [0.3, 0.4) is 0 Å². The van der Waals surface area contributed by atoms with Crippen LogP contribution in [-0.2, 0) is 4.74 Å². The summed E-state index contributed by atoms with van der Waals surface area (Å²) in [6, 6.07) is 0. The Kier molecular flexibility index (Phi) is 12.8. The smallest absolute Gasteiger partial charge is 0.106 e. The molecule has 0 aliphatic carbocycles. The molecule has 1 heterocycles. The van der Waals surface area contributed by atoms with Crippen molar-refractivity contribution in [1.29, 1.82) is 0 Å². The Bertz CT molecular complexity index is 565. The normalized spacial score (nSPS) is 27.8. The monoisotopic (exact) mass is 416 g/mol. The molecule has 3 unspecified atom stereocenters. The van der Waals surface area contributed by atoms with Gasteiger partial charge in [-0.15, -0.1) is 0 Å². The molecule has 1 rings (SSSR count). The Morgan fingerprint density at radius 3 is 1.97 bits per heavy atom. The number of hydrogen-bond acceptors (Lipinski definition) is 1. The predicted octanol–water partition coefficient (Wildman–Crippen LogP) is 9.79. The van der Waals surface area contributed by atoms with Crippen molar-refractivity contribution >= 4 is 0 Å². The zero-order valence-corrected chi connectivity index (χ0v) is 21.7. The minimum absolute atomic E-state index is 0.0430. The molecule has 1 aliphatic rings. The molecule has 0 aromatic heterocycles. The van der Waals surface area contributed by atoms with Gasteiger partial charge < -0.3 is 4.74 Å². The maximum absolute atomic E-state index is 6.36. The van der Waals surface area contributed by atoms with E-state index in [0.717, 1.165) is 37.0 Å². The van der Waals surface area contributed by atoms with Gasteiger partial charge in [0.15, 0.2) is 0 Å². The second-order valence-corrected chi connectivity index (χ2v) is 11.1. The topological polar surface area (TPSA) is 9.23 Å². The van der Waals surface area contributed by atoms with Gasteiger partial charge >= 0.3 is 0 Å². The van der Waals surface area contributed by atoms with Crippen LogP contribution in [0.15, 0.2) is 35.1 Å². The summed E-state index contributed by atoms with van der Waals surface area (Å²) < 4.78 is 6.36. The first kappa shape index (κ1) is 27.1. The summed E-state index contributed by atoms with van der Waals surface area (Å²) in [5.41, 5.74) is 3.95. The van der Waals surface area contributed by atoms with Crippen LogP contribution in [-0.4, -0.2) is 5.60 Å². The third kappa shape index (κ3) is 12.0. The minimum atomic E-state index is -0.0430. The fourth-order valence-corrected chi connectivity index (χ4v) is 4.31. The van der Waals surface area contributed by atoms with Gasteiger partial charge in [-0.2, -0.15) is 0 Å². The second kappa shape index (κ2) is 14.2. The molecule has 0 amide bonds. The van der Waals surface area contributed by atoms with Gasteiger partial charge in [-0.3, -0.25) is 0 Å². The lowest BCUT2D eigenvalue weighted by molar-refractivity contribution is 0.0192. The quantitative estimate of drug-likeness (QED) is 0.307. The van der Waals surface area contributed by atoms with E-state index in [4.69, 9.17) is 4.74 Å². The minimum Gasteiger partial charge on any atom is -0.495 e. The lowest BCUT2D eigenvalue weighted by atomic mass is 9.87. The van der Waals surface area contributed by atoms with E-state index < -0.39 is 0 Å². The molecule has 30 heavy (non-hydrogen) atoms. The van der Waals surface area contributed by atoms with Gasteiger partial charge in [-0.05, 0) is 82.3 Å². The molecule has 174 valence electrons. The molecule has 0 spiro atoms.